The first-order chi connectivity index (χ1) is 14.2. The Morgan fingerprint density at radius 3 is 2.97 bits per heavy atom. The van der Waals surface area contributed by atoms with Gasteiger partial charge in [0.2, 0.25) is 17.6 Å². The van der Waals surface area contributed by atoms with Gasteiger partial charge in [-0.15, -0.1) is 11.3 Å². The normalized spacial score (nSPS) is 12.3. The highest BCUT2D eigenvalue weighted by Gasteiger charge is 2.19. The van der Waals surface area contributed by atoms with E-state index in [-0.39, 0.29) is 18.4 Å². The summed E-state index contributed by atoms with van der Waals surface area (Å²) in [6.07, 6.45) is 3.54. The van der Waals surface area contributed by atoms with Crippen molar-refractivity contribution in [3.8, 4) is 10.7 Å². The molecule has 7 nitrogen and oxygen atoms in total. The van der Waals surface area contributed by atoms with E-state index in [1.807, 2.05) is 41.8 Å². The molecule has 1 atom stereocenters. The summed E-state index contributed by atoms with van der Waals surface area (Å²) in [7, 11) is 0. The number of carbonyl (C=O) groups excluding carboxylic acids is 1. The van der Waals surface area contributed by atoms with E-state index in [2.05, 4.69) is 31.7 Å². The number of benzene rings is 1. The lowest BCUT2D eigenvalue weighted by Crippen LogP contribution is -2.30. The van der Waals surface area contributed by atoms with Crippen molar-refractivity contribution in [2.75, 3.05) is 12.0 Å². The summed E-state index contributed by atoms with van der Waals surface area (Å²) in [6, 6.07) is 11.6. The van der Waals surface area contributed by atoms with Crippen LogP contribution in [0.3, 0.4) is 0 Å². The van der Waals surface area contributed by atoms with Gasteiger partial charge in [-0.2, -0.15) is 16.7 Å². The van der Waals surface area contributed by atoms with E-state index in [0.717, 1.165) is 33.9 Å². The smallest absolute Gasteiger partial charge is 0.227 e. The Balaban J connectivity index is 1.39. The summed E-state index contributed by atoms with van der Waals surface area (Å²) < 4.78 is 5.28. The van der Waals surface area contributed by atoms with Crippen molar-refractivity contribution >= 4 is 40.0 Å². The van der Waals surface area contributed by atoms with Gasteiger partial charge in [0.25, 0.3) is 0 Å². The molecule has 29 heavy (non-hydrogen) atoms. The minimum atomic E-state index is -0.160. The van der Waals surface area contributed by atoms with Crippen molar-refractivity contribution in [2.45, 2.75) is 25.3 Å². The number of fused-ring (bicyclic) bond motifs is 1. The number of aromatic nitrogens is 4. The van der Waals surface area contributed by atoms with Crippen LogP contribution >= 0.6 is 23.1 Å². The van der Waals surface area contributed by atoms with Crippen LogP contribution in [0.4, 0.5) is 0 Å². The van der Waals surface area contributed by atoms with Crippen molar-refractivity contribution in [3.05, 3.63) is 53.5 Å². The van der Waals surface area contributed by atoms with E-state index in [0.29, 0.717) is 18.1 Å². The number of aromatic amines is 1. The first kappa shape index (κ1) is 19.7. The minimum Gasteiger partial charge on any atom is -0.346 e. The first-order valence-electron chi connectivity index (χ1n) is 9.32. The van der Waals surface area contributed by atoms with Gasteiger partial charge < -0.3 is 14.8 Å². The number of hydrogen-bond acceptors (Lipinski definition) is 7. The molecule has 0 saturated heterocycles. The number of thioether (sulfide) groups is 1. The zero-order valence-corrected chi connectivity index (χ0v) is 17.6. The second-order valence-electron chi connectivity index (χ2n) is 6.53. The molecule has 0 radical (unpaired) electrons. The SMILES string of the molecule is CSCC[C@@H](NC(=O)CCc1nc(-c2cccs2)no1)c1nc2ccccc2[nH]1. The molecule has 0 fully saturated rings. The van der Waals surface area contributed by atoms with E-state index < -0.39 is 0 Å². The van der Waals surface area contributed by atoms with Crippen molar-refractivity contribution < 1.29 is 9.32 Å². The number of nitrogens with zero attached hydrogens (tertiary/aromatic N) is 3. The second kappa shape index (κ2) is 9.23. The van der Waals surface area contributed by atoms with Crippen LogP contribution in [0.25, 0.3) is 21.7 Å². The van der Waals surface area contributed by atoms with Gasteiger partial charge in [0.05, 0.1) is 22.0 Å². The summed E-state index contributed by atoms with van der Waals surface area (Å²) in [5, 5.41) is 9.05. The number of amides is 1. The van der Waals surface area contributed by atoms with Crippen LogP contribution in [0.15, 0.2) is 46.3 Å². The summed E-state index contributed by atoms with van der Waals surface area (Å²) in [4.78, 5) is 25.9. The molecule has 3 heterocycles. The van der Waals surface area contributed by atoms with Crippen LogP contribution < -0.4 is 5.32 Å². The van der Waals surface area contributed by atoms with Gasteiger partial charge in [0, 0.05) is 12.8 Å². The molecule has 0 saturated carbocycles. The number of aryl methyl sites for hydroxylation is 1. The predicted octanol–water partition coefficient (Wildman–Crippen LogP) is 4.22. The largest absolute Gasteiger partial charge is 0.346 e. The third-order valence-electron chi connectivity index (χ3n) is 4.46. The third-order valence-corrected chi connectivity index (χ3v) is 5.97. The summed E-state index contributed by atoms with van der Waals surface area (Å²) >= 11 is 3.30. The number of carbonyl (C=O) groups is 1. The zero-order chi connectivity index (χ0) is 20.1. The molecule has 9 heteroatoms. The fourth-order valence-corrected chi connectivity index (χ4v) is 4.12. The Bertz CT molecular complexity index is 1040. The van der Waals surface area contributed by atoms with Crippen LogP contribution in [0.2, 0.25) is 0 Å². The summed E-state index contributed by atoms with van der Waals surface area (Å²) in [5.41, 5.74) is 1.87. The maximum atomic E-state index is 12.6. The Labute approximate surface area is 176 Å². The quantitative estimate of drug-likeness (QED) is 0.415. The highest BCUT2D eigenvalue weighted by molar-refractivity contribution is 7.98. The van der Waals surface area contributed by atoms with Gasteiger partial charge in [-0.25, -0.2) is 4.98 Å². The number of imidazole rings is 1. The topological polar surface area (TPSA) is 96.7 Å². The lowest BCUT2D eigenvalue weighted by molar-refractivity contribution is -0.122. The number of nitrogens with one attached hydrogen (secondary N) is 2. The molecule has 0 aliphatic heterocycles. The maximum Gasteiger partial charge on any atom is 0.227 e. The van der Waals surface area contributed by atoms with Gasteiger partial charge in [-0.1, -0.05) is 23.4 Å². The molecule has 0 unspecified atom stereocenters. The van der Waals surface area contributed by atoms with E-state index in [1.54, 1.807) is 23.1 Å². The van der Waals surface area contributed by atoms with Crippen LogP contribution in [0.5, 0.6) is 0 Å². The summed E-state index contributed by atoms with van der Waals surface area (Å²) in [5.74, 6) is 2.68. The van der Waals surface area contributed by atoms with Crippen LogP contribution in [-0.2, 0) is 11.2 Å². The highest BCUT2D eigenvalue weighted by atomic mass is 32.2. The van der Waals surface area contributed by atoms with Crippen LogP contribution in [0, 0.1) is 0 Å². The van der Waals surface area contributed by atoms with Gasteiger partial charge in [0.15, 0.2) is 0 Å². The number of H-pyrrole nitrogens is 1. The Morgan fingerprint density at radius 2 is 2.17 bits per heavy atom. The lowest BCUT2D eigenvalue weighted by atomic mass is 10.2. The monoisotopic (exact) mass is 427 g/mol. The molecule has 4 aromatic rings. The standard InChI is InChI=1S/C20H21N5O2S2/c1-28-12-10-15(19-22-13-5-2-3-6-14(13)23-19)21-17(26)8-9-18-24-20(25-27-18)16-7-4-11-29-16/h2-7,11,15H,8-10,12H2,1H3,(H,21,26)(H,22,23)/t15-/m1/s1. The molecule has 0 aliphatic carbocycles. The maximum absolute atomic E-state index is 12.6. The van der Waals surface area contributed by atoms with Crippen molar-refractivity contribution in [3.63, 3.8) is 0 Å². The third kappa shape index (κ3) is 4.86. The molecule has 0 bridgehead atoms. The Hall–Kier alpha value is -2.65. The average Bonchev–Trinajstić information content (AvgIpc) is 3.48. The molecule has 1 aromatic carbocycles. The van der Waals surface area contributed by atoms with E-state index >= 15 is 0 Å². The van der Waals surface area contributed by atoms with E-state index in [1.165, 1.54) is 0 Å². The first-order valence-corrected chi connectivity index (χ1v) is 11.6. The fraction of sp³-hybridized carbons (Fsp3) is 0.300. The van der Waals surface area contributed by atoms with Crippen LogP contribution in [0.1, 0.15) is 30.6 Å². The minimum absolute atomic E-state index is 0.0626. The Morgan fingerprint density at radius 1 is 1.28 bits per heavy atom. The molecule has 1 amide bonds. The number of rotatable bonds is 9. The number of hydrogen-bond donors (Lipinski definition) is 2. The average molecular weight is 428 g/mol. The number of para-hydroxylation sites is 2. The highest BCUT2D eigenvalue weighted by Crippen LogP contribution is 2.22. The van der Waals surface area contributed by atoms with Crippen molar-refractivity contribution in [2.24, 2.45) is 0 Å². The van der Waals surface area contributed by atoms with E-state index in [9.17, 15) is 4.79 Å². The van der Waals surface area contributed by atoms with Gasteiger partial charge in [-0.3, -0.25) is 4.79 Å². The fourth-order valence-electron chi connectivity index (χ4n) is 3.00. The molecule has 0 spiro atoms. The van der Waals surface area contributed by atoms with E-state index in [4.69, 9.17) is 4.52 Å². The number of thiophene rings is 1. The lowest BCUT2D eigenvalue weighted by Gasteiger charge is -2.16. The van der Waals surface area contributed by atoms with Gasteiger partial charge in [-0.05, 0) is 42.0 Å². The second-order valence-corrected chi connectivity index (χ2v) is 8.46. The molecular weight excluding hydrogens is 406 g/mol. The molecule has 3 aromatic heterocycles. The molecule has 150 valence electrons. The molecule has 2 N–H and O–H groups in total. The zero-order valence-electron chi connectivity index (χ0n) is 15.9. The van der Waals surface area contributed by atoms with Gasteiger partial charge in [0.1, 0.15) is 5.82 Å². The van der Waals surface area contributed by atoms with Gasteiger partial charge >= 0.3 is 0 Å². The molecule has 4 rings (SSSR count). The molecule has 0 aliphatic rings. The molecular formula is C20H21N5O2S2. The Kier molecular flexibility index (Phi) is 6.26. The summed E-state index contributed by atoms with van der Waals surface area (Å²) in [6.45, 7) is 0. The van der Waals surface area contributed by atoms with Crippen molar-refractivity contribution in [1.82, 2.24) is 25.4 Å². The van der Waals surface area contributed by atoms with Crippen LogP contribution in [-0.4, -0.2) is 38.0 Å². The van der Waals surface area contributed by atoms with Crippen molar-refractivity contribution in [1.29, 1.82) is 0 Å². The predicted molar refractivity (Wildman–Crippen MR) is 116 cm³/mol.